The number of ether oxygens (including phenoxy) is 1. The molecule has 2 heterocycles. The van der Waals surface area contributed by atoms with Gasteiger partial charge in [-0.1, -0.05) is 6.07 Å². The van der Waals surface area contributed by atoms with Crippen molar-refractivity contribution in [1.29, 1.82) is 0 Å². The van der Waals surface area contributed by atoms with E-state index >= 15 is 0 Å². The van der Waals surface area contributed by atoms with Crippen molar-refractivity contribution >= 4 is 27.8 Å². The summed E-state index contributed by atoms with van der Waals surface area (Å²) in [5, 5.41) is 2.89. The van der Waals surface area contributed by atoms with Crippen LogP contribution in [0.5, 0.6) is 5.75 Å². The Morgan fingerprint density at radius 2 is 2.27 bits per heavy atom. The molecule has 1 aromatic carbocycles. The van der Waals surface area contributed by atoms with Gasteiger partial charge in [-0.2, -0.15) is 8.42 Å². The lowest BCUT2D eigenvalue weighted by Crippen LogP contribution is -2.47. The zero-order chi connectivity index (χ0) is 18.9. The van der Waals surface area contributed by atoms with Crippen LogP contribution < -0.4 is 20.5 Å². The Bertz CT molecular complexity index is 837. The molecule has 0 radical (unpaired) electrons. The van der Waals surface area contributed by atoms with Crippen molar-refractivity contribution in [1.82, 2.24) is 10.2 Å². The Balaban J connectivity index is 1.74. The third-order valence-electron chi connectivity index (χ3n) is 4.22. The molecule has 142 valence electrons. The molecule has 9 nitrogen and oxygen atoms in total. The van der Waals surface area contributed by atoms with Crippen LogP contribution in [0.2, 0.25) is 0 Å². The van der Waals surface area contributed by atoms with Gasteiger partial charge in [0.25, 0.3) is 0 Å². The zero-order valence-electron chi connectivity index (χ0n) is 14.7. The topological polar surface area (TPSA) is 126 Å². The minimum Gasteiger partial charge on any atom is -0.491 e. The SMILES string of the molecule is CC(C)NC(=O)N1CCC[C@H]1COc1cccc2c1C(N)=NS(=O)(=O)N2. The van der Waals surface area contributed by atoms with Crippen molar-refractivity contribution in [2.75, 3.05) is 17.9 Å². The van der Waals surface area contributed by atoms with Crippen molar-refractivity contribution in [3.05, 3.63) is 23.8 Å². The molecule has 2 aliphatic rings. The highest BCUT2D eigenvalue weighted by Gasteiger charge is 2.30. The van der Waals surface area contributed by atoms with Crippen LogP contribution in [-0.2, 0) is 10.2 Å². The molecule has 26 heavy (non-hydrogen) atoms. The highest BCUT2D eigenvalue weighted by atomic mass is 32.2. The van der Waals surface area contributed by atoms with Crippen molar-refractivity contribution < 1.29 is 17.9 Å². The average Bonchev–Trinajstić information content (AvgIpc) is 2.99. The molecule has 0 bridgehead atoms. The predicted octanol–water partition coefficient (Wildman–Crippen LogP) is 1.02. The van der Waals surface area contributed by atoms with Crippen LogP contribution in [0, 0.1) is 0 Å². The van der Waals surface area contributed by atoms with E-state index in [1.807, 2.05) is 13.8 Å². The monoisotopic (exact) mass is 381 g/mol. The number of nitrogens with one attached hydrogen (secondary N) is 2. The van der Waals surface area contributed by atoms with E-state index in [-0.39, 0.29) is 24.0 Å². The number of benzene rings is 1. The van der Waals surface area contributed by atoms with Gasteiger partial charge in [-0.05, 0) is 38.8 Å². The van der Waals surface area contributed by atoms with Crippen LogP contribution in [-0.4, -0.2) is 50.4 Å². The summed E-state index contributed by atoms with van der Waals surface area (Å²) in [6.45, 7) is 4.81. The maximum atomic E-state index is 12.3. The van der Waals surface area contributed by atoms with Crippen molar-refractivity contribution in [2.24, 2.45) is 10.1 Å². The fourth-order valence-electron chi connectivity index (χ4n) is 3.13. The number of likely N-dealkylation sites (tertiary alicyclic amines) is 1. The second-order valence-electron chi connectivity index (χ2n) is 6.64. The normalized spacial score (nSPS) is 21.0. The van der Waals surface area contributed by atoms with Gasteiger partial charge in [0.1, 0.15) is 12.4 Å². The third-order valence-corrected chi connectivity index (χ3v) is 5.14. The smallest absolute Gasteiger partial charge is 0.344 e. The minimum absolute atomic E-state index is 0.0527. The number of nitrogens with two attached hydrogens (primary N) is 1. The lowest BCUT2D eigenvalue weighted by molar-refractivity contribution is 0.163. The molecular weight excluding hydrogens is 358 g/mol. The molecule has 0 aromatic heterocycles. The molecule has 10 heteroatoms. The predicted molar refractivity (Wildman–Crippen MR) is 98.6 cm³/mol. The number of nitrogens with zero attached hydrogens (tertiary/aromatic N) is 2. The summed E-state index contributed by atoms with van der Waals surface area (Å²) in [5.41, 5.74) is 6.56. The summed E-state index contributed by atoms with van der Waals surface area (Å²) in [6.07, 6.45) is 1.76. The zero-order valence-corrected chi connectivity index (χ0v) is 15.5. The van der Waals surface area contributed by atoms with Crippen LogP contribution in [0.15, 0.2) is 22.6 Å². The van der Waals surface area contributed by atoms with Crippen LogP contribution in [0.25, 0.3) is 0 Å². The van der Waals surface area contributed by atoms with Gasteiger partial charge < -0.3 is 20.7 Å². The van der Waals surface area contributed by atoms with Gasteiger partial charge in [-0.3, -0.25) is 4.72 Å². The fraction of sp³-hybridized carbons (Fsp3) is 0.500. The second-order valence-corrected chi connectivity index (χ2v) is 7.97. The Hall–Kier alpha value is -2.49. The molecule has 0 unspecified atom stereocenters. The lowest BCUT2D eigenvalue weighted by atomic mass is 10.1. The first-order valence-electron chi connectivity index (χ1n) is 8.48. The van der Waals surface area contributed by atoms with E-state index in [9.17, 15) is 13.2 Å². The van der Waals surface area contributed by atoms with Gasteiger partial charge in [-0.15, -0.1) is 4.40 Å². The average molecular weight is 381 g/mol. The van der Waals surface area contributed by atoms with E-state index in [4.69, 9.17) is 10.5 Å². The van der Waals surface area contributed by atoms with Gasteiger partial charge in [0, 0.05) is 12.6 Å². The molecule has 2 aliphatic heterocycles. The standard InChI is InChI=1S/C16H23N5O4S/c1-10(2)18-16(22)21-8-4-5-11(21)9-25-13-7-3-6-12-14(13)15(17)20-26(23,24)19-12/h3,6-7,10-11,19H,4-5,8-9H2,1-2H3,(H2,17,20)(H,18,22)/t11-/m0/s1. The number of urea groups is 1. The number of anilines is 1. The van der Waals surface area contributed by atoms with Gasteiger partial charge in [-0.25, -0.2) is 4.79 Å². The van der Waals surface area contributed by atoms with E-state index in [1.54, 1.807) is 23.1 Å². The second kappa shape index (κ2) is 7.02. The molecule has 0 spiro atoms. The van der Waals surface area contributed by atoms with Gasteiger partial charge in [0.15, 0.2) is 5.84 Å². The summed E-state index contributed by atoms with van der Waals surface area (Å²) in [4.78, 5) is 14.1. The van der Waals surface area contributed by atoms with E-state index in [1.165, 1.54) is 0 Å². The Kier molecular flexibility index (Phi) is 4.94. The first kappa shape index (κ1) is 18.3. The van der Waals surface area contributed by atoms with E-state index in [0.717, 1.165) is 12.8 Å². The van der Waals surface area contributed by atoms with Gasteiger partial charge in [0.2, 0.25) is 0 Å². The Morgan fingerprint density at radius 1 is 1.50 bits per heavy atom. The molecule has 0 aliphatic carbocycles. The molecule has 4 N–H and O–H groups in total. The Morgan fingerprint density at radius 3 is 3.00 bits per heavy atom. The van der Waals surface area contributed by atoms with Crippen molar-refractivity contribution in [3.63, 3.8) is 0 Å². The molecule has 0 saturated carbocycles. The summed E-state index contributed by atoms with van der Waals surface area (Å²) in [5.74, 6) is 0.317. The highest BCUT2D eigenvalue weighted by molar-refractivity contribution is 7.91. The third kappa shape index (κ3) is 3.85. The number of carbonyl (C=O) groups excluding carboxylic acids is 1. The number of amidine groups is 1. The van der Waals surface area contributed by atoms with Crippen LogP contribution in [0.1, 0.15) is 32.3 Å². The molecule has 1 atom stereocenters. The number of hydrogen-bond donors (Lipinski definition) is 3. The number of amides is 2. The molecule has 3 rings (SSSR count). The number of fused-ring (bicyclic) bond motifs is 1. The van der Waals surface area contributed by atoms with Crippen molar-refractivity contribution in [3.8, 4) is 5.75 Å². The maximum absolute atomic E-state index is 12.3. The van der Waals surface area contributed by atoms with Gasteiger partial charge in [0.05, 0.1) is 17.3 Å². The fourth-order valence-corrected chi connectivity index (χ4v) is 3.97. The highest BCUT2D eigenvalue weighted by Crippen LogP contribution is 2.31. The number of rotatable bonds is 4. The summed E-state index contributed by atoms with van der Waals surface area (Å²) >= 11 is 0. The first-order chi connectivity index (χ1) is 12.3. The first-order valence-corrected chi connectivity index (χ1v) is 9.92. The van der Waals surface area contributed by atoms with Crippen molar-refractivity contribution in [2.45, 2.75) is 38.8 Å². The summed E-state index contributed by atoms with van der Waals surface area (Å²) in [6, 6.07) is 4.88. The molecule has 2 amide bonds. The summed E-state index contributed by atoms with van der Waals surface area (Å²) < 4.78 is 35.0. The largest absolute Gasteiger partial charge is 0.491 e. The lowest BCUT2D eigenvalue weighted by Gasteiger charge is -2.27. The van der Waals surface area contributed by atoms with E-state index in [2.05, 4.69) is 14.4 Å². The van der Waals surface area contributed by atoms with E-state index < -0.39 is 10.2 Å². The number of carbonyl (C=O) groups is 1. The van der Waals surface area contributed by atoms with Crippen LogP contribution >= 0.6 is 0 Å². The molecule has 1 fully saturated rings. The van der Waals surface area contributed by atoms with Crippen LogP contribution in [0.3, 0.4) is 0 Å². The van der Waals surface area contributed by atoms with Gasteiger partial charge >= 0.3 is 16.2 Å². The summed E-state index contributed by atoms with van der Waals surface area (Å²) in [7, 11) is -3.83. The minimum atomic E-state index is -3.83. The van der Waals surface area contributed by atoms with Crippen LogP contribution in [0.4, 0.5) is 10.5 Å². The Labute approximate surface area is 152 Å². The number of hydrogen-bond acceptors (Lipinski definition) is 5. The maximum Gasteiger partial charge on any atom is 0.344 e. The quantitative estimate of drug-likeness (QED) is 0.718. The molecule has 1 aromatic rings. The molecule has 1 saturated heterocycles. The van der Waals surface area contributed by atoms with E-state index in [0.29, 0.717) is 30.2 Å². The molecular formula is C16H23N5O4S.